The van der Waals surface area contributed by atoms with Crippen LogP contribution in [0.4, 0.5) is 0 Å². The Morgan fingerprint density at radius 1 is 1.10 bits per heavy atom. The van der Waals surface area contributed by atoms with Crippen LogP contribution in [0.3, 0.4) is 0 Å². The molecular formula is C23H18N4O4. The highest BCUT2D eigenvalue weighted by Gasteiger charge is 2.47. The molecule has 0 bridgehead atoms. The number of carbonyl (C=O) groups is 1. The highest BCUT2D eigenvalue weighted by atomic mass is 16.5. The third-order valence-corrected chi connectivity index (χ3v) is 5.33. The molecule has 0 amide bonds. The van der Waals surface area contributed by atoms with Crippen molar-refractivity contribution in [1.82, 2.24) is 9.97 Å². The molecule has 0 fully saturated rings. The summed E-state index contributed by atoms with van der Waals surface area (Å²) < 4.78 is 16.5. The molecule has 3 aromatic rings. The van der Waals surface area contributed by atoms with Gasteiger partial charge in [0.2, 0.25) is 0 Å². The van der Waals surface area contributed by atoms with Crippen molar-refractivity contribution in [3.63, 3.8) is 0 Å². The molecule has 1 spiro atoms. The van der Waals surface area contributed by atoms with Crippen molar-refractivity contribution in [2.24, 2.45) is 10.7 Å². The zero-order valence-electron chi connectivity index (χ0n) is 16.6. The van der Waals surface area contributed by atoms with Gasteiger partial charge in [-0.05, 0) is 41.5 Å². The summed E-state index contributed by atoms with van der Waals surface area (Å²) >= 11 is 0. The van der Waals surface area contributed by atoms with Crippen molar-refractivity contribution in [3.05, 3.63) is 77.9 Å². The van der Waals surface area contributed by atoms with Crippen LogP contribution in [-0.4, -0.2) is 35.7 Å². The third kappa shape index (κ3) is 3.18. The summed E-state index contributed by atoms with van der Waals surface area (Å²) in [5.74, 6) is 0.892. The molecule has 8 heteroatoms. The predicted octanol–water partition coefficient (Wildman–Crippen LogP) is 3.02. The number of fused-ring (bicyclic) bond motifs is 4. The first kappa shape index (κ1) is 18.8. The summed E-state index contributed by atoms with van der Waals surface area (Å²) in [5, 5.41) is 0. The fourth-order valence-electron chi connectivity index (χ4n) is 3.84. The van der Waals surface area contributed by atoms with E-state index in [1.54, 1.807) is 18.5 Å². The second-order valence-electron chi connectivity index (χ2n) is 7.15. The molecule has 2 aliphatic rings. The van der Waals surface area contributed by atoms with Gasteiger partial charge >= 0.3 is 5.97 Å². The minimum atomic E-state index is -0.867. The topological polar surface area (TPSA) is 109 Å². The minimum absolute atomic E-state index is 0.114. The van der Waals surface area contributed by atoms with E-state index in [2.05, 4.69) is 14.7 Å². The Morgan fingerprint density at radius 2 is 1.84 bits per heavy atom. The summed E-state index contributed by atoms with van der Waals surface area (Å²) in [6.45, 7) is 0.237. The van der Waals surface area contributed by atoms with Crippen molar-refractivity contribution >= 4 is 18.1 Å². The molecule has 3 heterocycles. The average molecular weight is 414 g/mol. The quantitative estimate of drug-likeness (QED) is 0.518. The van der Waals surface area contributed by atoms with Crippen LogP contribution in [0.25, 0.3) is 17.2 Å². The van der Waals surface area contributed by atoms with Crippen molar-refractivity contribution in [2.45, 2.75) is 5.54 Å². The zero-order valence-corrected chi connectivity index (χ0v) is 16.6. The Kier molecular flexibility index (Phi) is 4.39. The van der Waals surface area contributed by atoms with Gasteiger partial charge in [-0.25, -0.2) is 19.8 Å². The van der Waals surface area contributed by atoms with Gasteiger partial charge in [0.05, 0.1) is 7.11 Å². The first-order chi connectivity index (χ1) is 15.1. The Morgan fingerprint density at radius 3 is 2.55 bits per heavy atom. The van der Waals surface area contributed by atoms with Crippen molar-refractivity contribution in [2.75, 3.05) is 13.7 Å². The summed E-state index contributed by atoms with van der Waals surface area (Å²) in [4.78, 5) is 24.4. The number of hydrogen-bond donors (Lipinski definition) is 1. The maximum atomic E-state index is 11.5. The van der Waals surface area contributed by atoms with Gasteiger partial charge in [0.15, 0.2) is 5.54 Å². The zero-order chi connectivity index (χ0) is 21.4. The van der Waals surface area contributed by atoms with Crippen LogP contribution < -0.4 is 10.5 Å². The number of esters is 1. The number of hydrogen-bond acceptors (Lipinski definition) is 8. The van der Waals surface area contributed by atoms with Gasteiger partial charge in [-0.2, -0.15) is 0 Å². The van der Waals surface area contributed by atoms with E-state index in [0.29, 0.717) is 11.5 Å². The van der Waals surface area contributed by atoms with Gasteiger partial charge in [0.25, 0.3) is 6.02 Å². The monoisotopic (exact) mass is 414 g/mol. The normalized spacial score (nSPS) is 18.7. The number of methoxy groups -OCH3 is 1. The largest absolute Gasteiger partial charge is 0.466 e. The number of nitrogens with two attached hydrogens (primary N) is 1. The lowest BCUT2D eigenvalue weighted by molar-refractivity contribution is -0.134. The molecule has 2 aromatic carbocycles. The molecule has 1 aromatic heterocycles. The predicted molar refractivity (Wildman–Crippen MR) is 113 cm³/mol. The minimum Gasteiger partial charge on any atom is -0.466 e. The molecule has 0 radical (unpaired) electrons. The number of amidine groups is 1. The lowest BCUT2D eigenvalue weighted by Gasteiger charge is -2.34. The SMILES string of the molecule is COC(=O)/C=C/c1ccc2c(c1)[C@]1(COC(N)=N1)c1cc(-c3cncnc3)ccc1O2. The van der Waals surface area contributed by atoms with E-state index in [1.807, 2.05) is 36.4 Å². The van der Waals surface area contributed by atoms with E-state index >= 15 is 0 Å². The van der Waals surface area contributed by atoms with E-state index in [9.17, 15) is 4.79 Å². The average Bonchev–Trinajstić information content (AvgIpc) is 3.20. The second-order valence-corrected chi connectivity index (χ2v) is 7.15. The van der Waals surface area contributed by atoms with Gasteiger partial charge in [-0.15, -0.1) is 0 Å². The maximum absolute atomic E-state index is 11.5. The highest BCUT2D eigenvalue weighted by Crippen LogP contribution is 2.51. The van der Waals surface area contributed by atoms with E-state index < -0.39 is 11.5 Å². The third-order valence-electron chi connectivity index (χ3n) is 5.33. The van der Waals surface area contributed by atoms with E-state index in [-0.39, 0.29) is 12.6 Å². The molecule has 5 rings (SSSR count). The van der Waals surface area contributed by atoms with Gasteiger partial charge in [-0.3, -0.25) is 0 Å². The lowest BCUT2D eigenvalue weighted by Crippen LogP contribution is -2.31. The maximum Gasteiger partial charge on any atom is 0.330 e. The standard InChI is InChI=1S/C23H18N4O4/c1-29-21(28)7-3-14-2-5-19-17(8-14)23(12-30-22(24)27-23)18-9-15(4-6-20(18)31-19)16-10-25-13-26-11-16/h2-11,13H,12H2,1H3,(H2,24,27)/b7-3+/t23-/m1/s1. The smallest absolute Gasteiger partial charge is 0.330 e. The first-order valence-corrected chi connectivity index (χ1v) is 9.55. The van der Waals surface area contributed by atoms with Crippen LogP contribution in [0.2, 0.25) is 0 Å². The number of aliphatic imine (C=N–C) groups is 1. The van der Waals surface area contributed by atoms with Crippen molar-refractivity contribution < 1.29 is 19.0 Å². The van der Waals surface area contributed by atoms with Crippen LogP contribution in [0, 0.1) is 0 Å². The number of ether oxygens (including phenoxy) is 3. The number of nitrogens with zero attached hydrogens (tertiary/aromatic N) is 3. The summed E-state index contributed by atoms with van der Waals surface area (Å²) in [5.41, 5.74) is 9.30. The number of benzene rings is 2. The van der Waals surface area contributed by atoms with Gasteiger partial charge in [0, 0.05) is 35.2 Å². The summed E-state index contributed by atoms with van der Waals surface area (Å²) in [7, 11) is 1.34. The molecule has 8 nitrogen and oxygen atoms in total. The Hall–Kier alpha value is -4.20. The molecule has 31 heavy (non-hydrogen) atoms. The molecule has 2 N–H and O–H groups in total. The number of aromatic nitrogens is 2. The highest BCUT2D eigenvalue weighted by molar-refractivity contribution is 5.87. The van der Waals surface area contributed by atoms with Crippen molar-refractivity contribution in [3.8, 4) is 22.6 Å². The van der Waals surface area contributed by atoms with Gasteiger partial charge in [-0.1, -0.05) is 12.1 Å². The molecular weight excluding hydrogens is 396 g/mol. The van der Waals surface area contributed by atoms with Crippen LogP contribution in [0.5, 0.6) is 11.5 Å². The second kappa shape index (κ2) is 7.24. The number of carbonyl (C=O) groups excluding carboxylic acids is 1. The number of rotatable bonds is 3. The Labute approximate surface area is 178 Å². The van der Waals surface area contributed by atoms with Gasteiger partial charge < -0.3 is 19.9 Å². The summed E-state index contributed by atoms with van der Waals surface area (Å²) in [6.07, 6.45) is 8.02. The molecule has 0 saturated heterocycles. The lowest BCUT2D eigenvalue weighted by atomic mass is 9.80. The van der Waals surface area contributed by atoms with Crippen molar-refractivity contribution in [1.29, 1.82) is 0 Å². The van der Waals surface area contributed by atoms with Crippen LogP contribution >= 0.6 is 0 Å². The molecule has 0 saturated carbocycles. The van der Waals surface area contributed by atoms with E-state index in [0.717, 1.165) is 27.8 Å². The van der Waals surface area contributed by atoms with Crippen LogP contribution in [0.15, 0.2) is 66.2 Å². The summed E-state index contributed by atoms with van der Waals surface area (Å²) in [6, 6.07) is 11.6. The Balaban J connectivity index is 1.66. The van der Waals surface area contributed by atoms with E-state index in [1.165, 1.54) is 19.5 Å². The van der Waals surface area contributed by atoms with Crippen LogP contribution in [0.1, 0.15) is 16.7 Å². The fraction of sp³-hybridized carbons (Fsp3) is 0.130. The molecule has 0 aliphatic carbocycles. The Bertz CT molecular complexity index is 1240. The first-order valence-electron chi connectivity index (χ1n) is 9.55. The van der Waals surface area contributed by atoms with E-state index in [4.69, 9.17) is 20.2 Å². The molecule has 0 unspecified atom stereocenters. The molecule has 2 aliphatic heterocycles. The fourth-order valence-corrected chi connectivity index (χ4v) is 3.84. The van der Waals surface area contributed by atoms with Gasteiger partial charge in [0.1, 0.15) is 24.4 Å². The van der Waals surface area contributed by atoms with Crippen LogP contribution in [-0.2, 0) is 19.8 Å². The molecule has 154 valence electrons. The molecule has 1 atom stereocenters.